The van der Waals surface area contributed by atoms with E-state index < -0.39 is 5.41 Å². The number of hydrogen-bond donors (Lipinski definition) is 1. The Kier molecular flexibility index (Phi) is 4.42. The molecule has 0 bridgehead atoms. The molecule has 3 aromatic rings. The number of rotatable bonds is 4. The van der Waals surface area contributed by atoms with Crippen LogP contribution >= 0.6 is 0 Å². The molecule has 0 radical (unpaired) electrons. The number of nitrogens with one attached hydrogen (secondary N) is 1. The van der Waals surface area contributed by atoms with Gasteiger partial charge < -0.3 is 14.8 Å². The molecule has 1 N–H and O–H groups in total. The highest BCUT2D eigenvalue weighted by molar-refractivity contribution is 6.08. The van der Waals surface area contributed by atoms with Gasteiger partial charge >= 0.3 is 0 Å². The normalized spacial score (nSPS) is 22.4. The van der Waals surface area contributed by atoms with E-state index >= 15 is 0 Å². The van der Waals surface area contributed by atoms with Gasteiger partial charge in [-0.3, -0.25) is 9.59 Å². The molecule has 0 unspecified atom stereocenters. The molecule has 30 heavy (non-hydrogen) atoms. The zero-order chi connectivity index (χ0) is 20.7. The lowest BCUT2D eigenvalue weighted by molar-refractivity contribution is -0.121. The Hall–Kier alpha value is -3.41. The van der Waals surface area contributed by atoms with Crippen molar-refractivity contribution in [3.63, 3.8) is 0 Å². The van der Waals surface area contributed by atoms with Crippen LogP contribution in [-0.4, -0.2) is 38.9 Å². The van der Waals surface area contributed by atoms with Crippen LogP contribution in [0, 0.1) is 0 Å². The van der Waals surface area contributed by atoms with Crippen LogP contribution in [0.25, 0.3) is 0 Å². The summed E-state index contributed by atoms with van der Waals surface area (Å²) in [5.41, 5.74) is 2.91. The number of likely N-dealkylation sites (tertiary alicyclic amines) is 1. The standard InChI is InChI=1S/C24H24N4O2/c1-27-16-25-15-20(27)22(29)28-14-13-24(18-9-5-6-10-19(18)26-23(24)30)21(28)12-11-17-7-3-2-4-8-17/h2-10,15-16,21H,11-14H2,1H3,(H,26,30)/t21-,24-/m0/s1. The van der Waals surface area contributed by atoms with Crippen molar-refractivity contribution in [3.8, 4) is 0 Å². The molecular formula is C24H24N4O2. The molecule has 1 fully saturated rings. The molecule has 2 aliphatic heterocycles. The number of aryl methyl sites for hydroxylation is 2. The molecule has 1 saturated heterocycles. The van der Waals surface area contributed by atoms with Crippen LogP contribution < -0.4 is 5.32 Å². The van der Waals surface area contributed by atoms with Gasteiger partial charge in [-0.2, -0.15) is 0 Å². The Morgan fingerprint density at radius 1 is 1.17 bits per heavy atom. The van der Waals surface area contributed by atoms with E-state index in [0.29, 0.717) is 18.7 Å². The van der Waals surface area contributed by atoms with Crippen LogP contribution in [0.4, 0.5) is 5.69 Å². The maximum atomic E-state index is 13.4. The third-order valence-corrected chi connectivity index (χ3v) is 6.60. The second kappa shape index (κ2) is 7.13. The first-order chi connectivity index (χ1) is 14.6. The first kappa shape index (κ1) is 18.6. The number of imidazole rings is 1. The quantitative estimate of drug-likeness (QED) is 0.732. The summed E-state index contributed by atoms with van der Waals surface area (Å²) >= 11 is 0. The molecule has 6 nitrogen and oxygen atoms in total. The third-order valence-electron chi connectivity index (χ3n) is 6.60. The minimum Gasteiger partial charge on any atom is -0.333 e. The van der Waals surface area contributed by atoms with E-state index in [0.717, 1.165) is 24.1 Å². The minimum atomic E-state index is -0.709. The van der Waals surface area contributed by atoms with Crippen LogP contribution in [0.15, 0.2) is 67.1 Å². The number of carbonyl (C=O) groups excluding carboxylic acids is 2. The largest absolute Gasteiger partial charge is 0.333 e. The van der Waals surface area contributed by atoms with Crippen molar-refractivity contribution < 1.29 is 9.59 Å². The fourth-order valence-corrected chi connectivity index (χ4v) is 5.11. The van der Waals surface area contributed by atoms with Gasteiger partial charge in [0.2, 0.25) is 5.91 Å². The van der Waals surface area contributed by atoms with Gasteiger partial charge in [-0.15, -0.1) is 0 Å². The Bertz CT molecular complexity index is 1110. The fraction of sp³-hybridized carbons (Fsp3) is 0.292. The zero-order valence-corrected chi connectivity index (χ0v) is 16.9. The molecular weight excluding hydrogens is 376 g/mol. The predicted molar refractivity (Wildman–Crippen MR) is 114 cm³/mol. The maximum Gasteiger partial charge on any atom is 0.272 e. The van der Waals surface area contributed by atoms with Crippen LogP contribution in [-0.2, 0) is 23.7 Å². The van der Waals surface area contributed by atoms with Crippen molar-refractivity contribution in [2.75, 3.05) is 11.9 Å². The smallest absolute Gasteiger partial charge is 0.272 e. The van der Waals surface area contributed by atoms with Gasteiger partial charge in [0.15, 0.2) is 0 Å². The van der Waals surface area contributed by atoms with Crippen molar-refractivity contribution in [2.45, 2.75) is 30.7 Å². The first-order valence-electron chi connectivity index (χ1n) is 10.3. The van der Waals surface area contributed by atoms with Crippen LogP contribution in [0.2, 0.25) is 0 Å². The molecule has 3 heterocycles. The molecule has 2 amide bonds. The Labute approximate surface area is 175 Å². The van der Waals surface area contributed by atoms with Crippen molar-refractivity contribution in [3.05, 3.63) is 83.9 Å². The van der Waals surface area contributed by atoms with Gasteiger partial charge in [-0.05, 0) is 36.5 Å². The number of nitrogens with zero attached hydrogens (tertiary/aromatic N) is 3. The summed E-state index contributed by atoms with van der Waals surface area (Å²) in [6, 6.07) is 17.9. The summed E-state index contributed by atoms with van der Waals surface area (Å²) in [5.74, 6) is -0.0656. The van der Waals surface area contributed by atoms with Gasteiger partial charge in [0.1, 0.15) is 5.69 Å². The molecule has 0 saturated carbocycles. The van der Waals surface area contributed by atoms with Crippen LogP contribution in [0.3, 0.4) is 0 Å². The van der Waals surface area contributed by atoms with E-state index in [9.17, 15) is 9.59 Å². The molecule has 2 aliphatic rings. The summed E-state index contributed by atoms with van der Waals surface area (Å²) in [5, 5.41) is 3.07. The lowest BCUT2D eigenvalue weighted by atomic mass is 9.73. The van der Waals surface area contributed by atoms with Crippen molar-refractivity contribution in [1.82, 2.24) is 14.5 Å². The highest BCUT2D eigenvalue weighted by atomic mass is 16.2. The molecule has 1 aromatic heterocycles. The number of amides is 2. The maximum absolute atomic E-state index is 13.4. The van der Waals surface area contributed by atoms with E-state index in [1.54, 1.807) is 17.1 Å². The molecule has 5 rings (SSSR count). The van der Waals surface area contributed by atoms with E-state index in [2.05, 4.69) is 22.4 Å². The average Bonchev–Trinajstić information content (AvgIpc) is 3.44. The zero-order valence-electron chi connectivity index (χ0n) is 16.9. The third kappa shape index (κ3) is 2.75. The molecule has 1 spiro atoms. The van der Waals surface area contributed by atoms with Gasteiger partial charge in [0, 0.05) is 19.3 Å². The highest BCUT2D eigenvalue weighted by Gasteiger charge is 2.58. The molecule has 0 aliphatic carbocycles. The van der Waals surface area contributed by atoms with Gasteiger partial charge in [-0.25, -0.2) is 4.98 Å². The topological polar surface area (TPSA) is 67.2 Å². The van der Waals surface area contributed by atoms with Gasteiger partial charge in [-0.1, -0.05) is 48.5 Å². The molecule has 6 heteroatoms. The second-order valence-corrected chi connectivity index (χ2v) is 8.15. The highest BCUT2D eigenvalue weighted by Crippen LogP contribution is 2.49. The SMILES string of the molecule is Cn1cncc1C(=O)N1CC[C@@]2(C(=O)Nc3ccccc32)[C@@H]1CCc1ccccc1. The van der Waals surface area contributed by atoms with Crippen LogP contribution in [0.5, 0.6) is 0 Å². The molecule has 2 aromatic carbocycles. The van der Waals surface area contributed by atoms with Crippen molar-refractivity contribution in [2.24, 2.45) is 7.05 Å². The van der Waals surface area contributed by atoms with Crippen LogP contribution in [0.1, 0.15) is 34.5 Å². The number of anilines is 1. The number of benzene rings is 2. The fourth-order valence-electron chi connectivity index (χ4n) is 5.11. The summed E-state index contributed by atoms with van der Waals surface area (Å²) in [4.78, 5) is 32.8. The van der Waals surface area contributed by atoms with E-state index in [1.807, 2.05) is 54.4 Å². The lowest BCUT2D eigenvalue weighted by Crippen LogP contribution is -2.49. The summed E-state index contributed by atoms with van der Waals surface area (Å²) < 4.78 is 1.74. The molecule has 152 valence electrons. The lowest BCUT2D eigenvalue weighted by Gasteiger charge is -2.34. The van der Waals surface area contributed by atoms with Gasteiger partial charge in [0.25, 0.3) is 5.91 Å². The Morgan fingerprint density at radius 3 is 2.70 bits per heavy atom. The number of para-hydroxylation sites is 1. The summed E-state index contributed by atoms with van der Waals surface area (Å²) in [6.45, 7) is 0.547. The monoisotopic (exact) mass is 400 g/mol. The van der Waals surface area contributed by atoms with Crippen molar-refractivity contribution in [1.29, 1.82) is 0 Å². The minimum absolute atomic E-state index is 0.00191. The first-order valence-corrected chi connectivity index (χ1v) is 10.3. The average molecular weight is 400 g/mol. The van der Waals surface area contributed by atoms with E-state index in [4.69, 9.17) is 0 Å². The summed E-state index contributed by atoms with van der Waals surface area (Å²) in [7, 11) is 1.82. The Balaban J connectivity index is 1.55. The van der Waals surface area contributed by atoms with Crippen molar-refractivity contribution >= 4 is 17.5 Å². The number of carbonyl (C=O) groups is 2. The number of aromatic nitrogens is 2. The Morgan fingerprint density at radius 2 is 1.93 bits per heavy atom. The van der Waals surface area contributed by atoms with E-state index in [-0.39, 0.29) is 17.9 Å². The van der Waals surface area contributed by atoms with E-state index in [1.165, 1.54) is 5.56 Å². The second-order valence-electron chi connectivity index (χ2n) is 8.15. The number of hydrogen-bond acceptors (Lipinski definition) is 3. The summed E-state index contributed by atoms with van der Waals surface area (Å²) in [6.07, 6.45) is 5.38. The number of fused-ring (bicyclic) bond motifs is 2. The molecule has 2 atom stereocenters. The predicted octanol–water partition coefficient (Wildman–Crippen LogP) is 3.16. The van der Waals surface area contributed by atoms with Gasteiger partial charge in [0.05, 0.1) is 24.0 Å².